The third-order valence-electron chi connectivity index (χ3n) is 4.46. The van der Waals surface area contributed by atoms with Crippen LogP contribution in [0, 0.1) is 0 Å². The van der Waals surface area contributed by atoms with Crippen molar-refractivity contribution in [1.82, 2.24) is 14.9 Å². The minimum Gasteiger partial charge on any atom is -0.348 e. The van der Waals surface area contributed by atoms with Crippen molar-refractivity contribution in [1.29, 1.82) is 0 Å². The molecule has 6 heteroatoms. The molecule has 0 saturated heterocycles. The number of amides is 1. The summed E-state index contributed by atoms with van der Waals surface area (Å²) in [7, 11) is 0. The summed E-state index contributed by atoms with van der Waals surface area (Å²) >= 11 is 11.9. The average Bonchev–Trinajstić information content (AvgIpc) is 3.21. The van der Waals surface area contributed by atoms with Gasteiger partial charge in [0.1, 0.15) is 5.82 Å². The fourth-order valence-electron chi connectivity index (χ4n) is 3.20. The minimum atomic E-state index is -0.208. The van der Waals surface area contributed by atoms with Gasteiger partial charge in [-0.3, -0.25) is 4.79 Å². The largest absolute Gasteiger partial charge is 0.348 e. The topological polar surface area (TPSA) is 46.9 Å². The molecule has 0 radical (unpaired) electrons. The fourth-order valence-corrected chi connectivity index (χ4v) is 3.73. The van der Waals surface area contributed by atoms with Gasteiger partial charge in [0.05, 0.1) is 5.69 Å². The van der Waals surface area contributed by atoms with Crippen LogP contribution in [0.5, 0.6) is 0 Å². The monoisotopic (exact) mass is 385 g/mol. The zero-order valence-electron chi connectivity index (χ0n) is 14.0. The summed E-state index contributed by atoms with van der Waals surface area (Å²) < 4.78 is 2.21. The van der Waals surface area contributed by atoms with Gasteiger partial charge in [-0.15, -0.1) is 0 Å². The maximum absolute atomic E-state index is 12.3. The van der Waals surface area contributed by atoms with Gasteiger partial charge in [-0.2, -0.15) is 0 Å². The van der Waals surface area contributed by atoms with Gasteiger partial charge in [0.2, 0.25) is 0 Å². The first-order chi connectivity index (χ1) is 12.6. The normalized spacial score (nSPS) is 12.8. The van der Waals surface area contributed by atoms with Gasteiger partial charge in [0.25, 0.3) is 5.91 Å². The molecule has 0 bridgehead atoms. The Hall–Kier alpha value is -2.30. The lowest BCUT2D eigenvalue weighted by molar-refractivity contribution is 0.0951. The molecule has 1 amide bonds. The van der Waals surface area contributed by atoms with Crippen LogP contribution in [-0.4, -0.2) is 15.5 Å². The van der Waals surface area contributed by atoms with Crippen LogP contribution in [0.25, 0.3) is 11.3 Å². The van der Waals surface area contributed by atoms with E-state index in [1.165, 1.54) is 6.42 Å². The van der Waals surface area contributed by atoms with Crippen LogP contribution in [0.1, 0.15) is 28.2 Å². The Bertz CT molecular complexity index is 939. The lowest BCUT2D eigenvalue weighted by atomic mass is 10.1. The van der Waals surface area contributed by atoms with E-state index in [0.29, 0.717) is 22.2 Å². The van der Waals surface area contributed by atoms with Crippen molar-refractivity contribution in [2.24, 2.45) is 0 Å². The average molecular weight is 386 g/mol. The number of rotatable bonds is 4. The van der Waals surface area contributed by atoms with E-state index in [1.807, 2.05) is 18.2 Å². The van der Waals surface area contributed by atoms with E-state index in [2.05, 4.69) is 22.1 Å². The molecule has 0 unspecified atom stereocenters. The molecule has 0 saturated carbocycles. The molecule has 0 atom stereocenters. The number of carbonyl (C=O) groups excluding carboxylic acids is 1. The highest BCUT2D eigenvalue weighted by Gasteiger charge is 2.15. The predicted molar refractivity (Wildman–Crippen MR) is 104 cm³/mol. The van der Waals surface area contributed by atoms with E-state index < -0.39 is 0 Å². The van der Waals surface area contributed by atoms with Gasteiger partial charge in [0, 0.05) is 46.9 Å². The van der Waals surface area contributed by atoms with E-state index in [1.54, 1.807) is 18.2 Å². The summed E-state index contributed by atoms with van der Waals surface area (Å²) in [5, 5.41) is 3.79. The zero-order chi connectivity index (χ0) is 18.1. The van der Waals surface area contributed by atoms with Crippen molar-refractivity contribution in [3.8, 4) is 11.3 Å². The Morgan fingerprint density at radius 2 is 1.96 bits per heavy atom. The second-order valence-corrected chi connectivity index (χ2v) is 7.25. The van der Waals surface area contributed by atoms with Crippen molar-refractivity contribution in [3.05, 3.63) is 75.7 Å². The molecular weight excluding hydrogens is 369 g/mol. The smallest absolute Gasteiger partial charge is 0.251 e. The highest BCUT2D eigenvalue weighted by Crippen LogP contribution is 2.24. The maximum Gasteiger partial charge on any atom is 0.251 e. The molecule has 0 fully saturated rings. The molecule has 1 aliphatic heterocycles. The highest BCUT2D eigenvalue weighted by atomic mass is 35.5. The number of aryl methyl sites for hydroxylation is 2. The Morgan fingerprint density at radius 1 is 1.15 bits per heavy atom. The summed E-state index contributed by atoms with van der Waals surface area (Å²) in [4.78, 5) is 17.0. The molecular formula is C20H17Cl2N3O. The molecule has 2 aromatic carbocycles. The summed E-state index contributed by atoms with van der Waals surface area (Å²) in [6, 6.07) is 12.9. The quantitative estimate of drug-likeness (QED) is 0.705. The van der Waals surface area contributed by atoms with E-state index in [4.69, 9.17) is 28.2 Å². The Balaban J connectivity index is 1.47. The molecule has 4 nitrogen and oxygen atoms in total. The van der Waals surface area contributed by atoms with Crippen molar-refractivity contribution in [2.75, 3.05) is 0 Å². The number of halogens is 2. The first-order valence-corrected chi connectivity index (χ1v) is 9.24. The van der Waals surface area contributed by atoms with E-state index in [0.717, 1.165) is 35.6 Å². The van der Waals surface area contributed by atoms with Crippen molar-refractivity contribution < 1.29 is 4.79 Å². The van der Waals surface area contributed by atoms with Gasteiger partial charge in [-0.1, -0.05) is 41.4 Å². The number of fused-ring (bicyclic) bond motifs is 1. The van der Waals surface area contributed by atoms with Crippen LogP contribution in [0.15, 0.2) is 48.7 Å². The molecule has 132 valence electrons. The number of carbonyl (C=O) groups is 1. The predicted octanol–water partition coefficient (Wildman–Crippen LogP) is 4.73. The second-order valence-electron chi connectivity index (χ2n) is 6.38. The van der Waals surface area contributed by atoms with Crippen molar-refractivity contribution in [3.63, 3.8) is 0 Å². The number of nitrogens with zero attached hydrogens (tertiary/aromatic N) is 2. The Morgan fingerprint density at radius 3 is 2.73 bits per heavy atom. The molecule has 26 heavy (non-hydrogen) atoms. The fraction of sp³-hybridized carbons (Fsp3) is 0.200. The van der Waals surface area contributed by atoms with Crippen LogP contribution in [-0.2, 0) is 19.5 Å². The summed E-state index contributed by atoms with van der Waals surface area (Å²) in [5.41, 5.74) is 3.50. The van der Waals surface area contributed by atoms with Crippen LogP contribution < -0.4 is 5.32 Å². The summed E-state index contributed by atoms with van der Waals surface area (Å²) in [6.45, 7) is 1.46. The number of imidazole rings is 1. The number of nitrogens with one attached hydrogen (secondary N) is 1. The Labute approximate surface area is 161 Å². The molecule has 4 rings (SSSR count). The number of hydrogen-bond donors (Lipinski definition) is 1. The van der Waals surface area contributed by atoms with Gasteiger partial charge in [-0.25, -0.2) is 4.98 Å². The molecule has 1 aromatic heterocycles. The molecule has 0 spiro atoms. The second kappa shape index (κ2) is 7.14. The lowest BCUT2D eigenvalue weighted by Gasteiger charge is -2.07. The van der Waals surface area contributed by atoms with Gasteiger partial charge in [0.15, 0.2) is 0 Å². The molecule has 3 aromatic rings. The van der Waals surface area contributed by atoms with Gasteiger partial charge >= 0.3 is 0 Å². The molecule has 0 aliphatic carbocycles. The van der Waals surface area contributed by atoms with Crippen LogP contribution in [0.3, 0.4) is 0 Å². The zero-order valence-corrected chi connectivity index (χ0v) is 15.5. The van der Waals surface area contributed by atoms with Crippen LogP contribution >= 0.6 is 23.2 Å². The van der Waals surface area contributed by atoms with E-state index in [-0.39, 0.29) is 5.91 Å². The number of hydrogen-bond acceptors (Lipinski definition) is 2. The first-order valence-electron chi connectivity index (χ1n) is 8.48. The lowest BCUT2D eigenvalue weighted by Crippen LogP contribution is -2.22. The van der Waals surface area contributed by atoms with E-state index >= 15 is 0 Å². The van der Waals surface area contributed by atoms with Crippen LogP contribution in [0.2, 0.25) is 10.0 Å². The number of benzene rings is 2. The molecule has 2 heterocycles. The third kappa shape index (κ3) is 3.62. The SMILES string of the molecule is O=C(NCc1cccc(-c2cn3c(n2)CCC3)c1)c1cc(Cl)cc(Cl)c1. The molecule has 1 N–H and O–H groups in total. The van der Waals surface area contributed by atoms with Crippen LogP contribution in [0.4, 0.5) is 0 Å². The maximum atomic E-state index is 12.3. The summed E-state index contributed by atoms with van der Waals surface area (Å²) in [6.07, 6.45) is 4.31. The Kier molecular flexibility index (Phi) is 4.70. The number of aromatic nitrogens is 2. The van der Waals surface area contributed by atoms with Crippen molar-refractivity contribution in [2.45, 2.75) is 25.9 Å². The minimum absolute atomic E-state index is 0.208. The summed E-state index contributed by atoms with van der Waals surface area (Å²) in [5.74, 6) is 0.942. The van der Waals surface area contributed by atoms with Gasteiger partial charge < -0.3 is 9.88 Å². The van der Waals surface area contributed by atoms with Gasteiger partial charge in [-0.05, 0) is 36.2 Å². The first kappa shape index (κ1) is 17.1. The highest BCUT2D eigenvalue weighted by molar-refractivity contribution is 6.35. The van der Waals surface area contributed by atoms with Crippen molar-refractivity contribution >= 4 is 29.1 Å². The van der Waals surface area contributed by atoms with E-state index in [9.17, 15) is 4.79 Å². The third-order valence-corrected chi connectivity index (χ3v) is 4.90. The molecule has 1 aliphatic rings. The standard InChI is InChI=1S/C20H17Cl2N3O/c21-16-8-15(9-17(22)10-16)20(26)23-11-13-3-1-4-14(7-13)18-12-25-6-2-5-19(25)24-18/h1,3-4,7-10,12H,2,5-6,11H2,(H,23,26).